The normalized spacial score (nSPS) is 10.6. The quantitative estimate of drug-likeness (QED) is 0.346. The summed E-state index contributed by atoms with van der Waals surface area (Å²) in [6.07, 6.45) is 0. The summed E-state index contributed by atoms with van der Waals surface area (Å²) in [6.45, 7) is 4.25. The smallest absolute Gasteiger partial charge is 0.0526 e. The molecule has 0 saturated heterocycles. The number of hydrogen-bond donors (Lipinski definition) is 2. The fourth-order valence-corrected chi connectivity index (χ4v) is 4.14. The highest BCUT2D eigenvalue weighted by Gasteiger charge is 2.09. The molecule has 0 aliphatic heterocycles. The van der Waals surface area contributed by atoms with Gasteiger partial charge in [-0.05, 0) is 61.4 Å². The number of rotatable bonds is 6. The Morgan fingerprint density at radius 3 is 1.21 bits per heavy atom. The summed E-state index contributed by atoms with van der Waals surface area (Å²) in [5.74, 6) is 0. The molecule has 4 aromatic rings. The second-order valence-electron chi connectivity index (χ2n) is 6.97. The Labute approximate surface area is 177 Å². The molecule has 0 fully saturated rings. The SMILES string of the molecule is Cc1ccccc1Nc1ccccc1Sc1ccccc1Nc1ccccc1C. The molecule has 2 nitrogen and oxygen atoms in total. The van der Waals surface area contributed by atoms with Gasteiger partial charge in [-0.2, -0.15) is 0 Å². The molecule has 0 aliphatic rings. The predicted octanol–water partition coefficient (Wildman–Crippen LogP) is 7.94. The highest BCUT2D eigenvalue weighted by molar-refractivity contribution is 7.99. The van der Waals surface area contributed by atoms with E-state index in [0.29, 0.717) is 0 Å². The molecule has 0 bridgehead atoms. The van der Waals surface area contributed by atoms with Crippen LogP contribution in [0.5, 0.6) is 0 Å². The van der Waals surface area contributed by atoms with E-state index in [2.05, 4.69) is 122 Å². The lowest BCUT2D eigenvalue weighted by molar-refractivity contribution is 1.35. The maximum absolute atomic E-state index is 3.60. The van der Waals surface area contributed by atoms with Crippen molar-refractivity contribution >= 4 is 34.5 Å². The molecule has 29 heavy (non-hydrogen) atoms. The lowest BCUT2D eigenvalue weighted by Gasteiger charge is -2.16. The molecule has 4 rings (SSSR count). The Bertz CT molecular complexity index is 1030. The minimum Gasteiger partial charge on any atom is -0.354 e. The van der Waals surface area contributed by atoms with Crippen LogP contribution in [0.15, 0.2) is 107 Å². The van der Waals surface area contributed by atoms with Gasteiger partial charge in [-0.15, -0.1) is 0 Å². The third-order valence-corrected chi connectivity index (χ3v) is 5.97. The van der Waals surface area contributed by atoms with Crippen molar-refractivity contribution in [2.45, 2.75) is 23.6 Å². The van der Waals surface area contributed by atoms with Crippen molar-refractivity contribution in [2.24, 2.45) is 0 Å². The van der Waals surface area contributed by atoms with E-state index in [0.717, 1.165) is 22.7 Å². The monoisotopic (exact) mass is 396 g/mol. The van der Waals surface area contributed by atoms with Gasteiger partial charge in [-0.25, -0.2) is 0 Å². The number of hydrogen-bond acceptors (Lipinski definition) is 3. The van der Waals surface area contributed by atoms with Crippen LogP contribution in [0.4, 0.5) is 22.7 Å². The Morgan fingerprint density at radius 1 is 0.448 bits per heavy atom. The van der Waals surface area contributed by atoms with Gasteiger partial charge < -0.3 is 10.6 Å². The Morgan fingerprint density at radius 2 is 0.793 bits per heavy atom. The topological polar surface area (TPSA) is 24.1 Å². The molecule has 0 aliphatic carbocycles. The van der Waals surface area contributed by atoms with Crippen LogP contribution in [0.3, 0.4) is 0 Å². The van der Waals surface area contributed by atoms with Gasteiger partial charge in [-0.1, -0.05) is 72.4 Å². The minimum atomic E-state index is 1.11. The van der Waals surface area contributed by atoms with Crippen molar-refractivity contribution in [1.82, 2.24) is 0 Å². The molecule has 4 aromatic carbocycles. The van der Waals surface area contributed by atoms with E-state index < -0.39 is 0 Å². The standard InChI is InChI=1S/C26H24N2S/c1-19-11-3-5-13-21(19)27-23-15-7-9-17-25(23)29-26-18-10-8-16-24(26)28-22-14-6-4-12-20(22)2/h3-18,27-28H,1-2H3. The van der Waals surface area contributed by atoms with Crippen LogP contribution in [0.2, 0.25) is 0 Å². The average Bonchev–Trinajstić information content (AvgIpc) is 2.74. The summed E-state index contributed by atoms with van der Waals surface area (Å²) in [5, 5.41) is 7.20. The van der Waals surface area contributed by atoms with Crippen molar-refractivity contribution in [2.75, 3.05) is 10.6 Å². The van der Waals surface area contributed by atoms with Crippen LogP contribution in [-0.4, -0.2) is 0 Å². The molecule has 2 N–H and O–H groups in total. The third-order valence-electron chi connectivity index (χ3n) is 4.82. The number of benzene rings is 4. The van der Waals surface area contributed by atoms with Gasteiger partial charge in [0.1, 0.15) is 0 Å². The summed E-state index contributed by atoms with van der Waals surface area (Å²) in [6, 6.07) is 33.6. The summed E-state index contributed by atoms with van der Waals surface area (Å²) in [5.41, 5.74) is 6.94. The summed E-state index contributed by atoms with van der Waals surface area (Å²) >= 11 is 1.77. The lowest BCUT2D eigenvalue weighted by atomic mass is 10.2. The molecule has 0 unspecified atom stereocenters. The van der Waals surface area contributed by atoms with Crippen LogP contribution in [0, 0.1) is 13.8 Å². The van der Waals surface area contributed by atoms with E-state index >= 15 is 0 Å². The van der Waals surface area contributed by atoms with Crippen molar-refractivity contribution in [3.8, 4) is 0 Å². The Kier molecular flexibility index (Phi) is 5.87. The third kappa shape index (κ3) is 4.64. The van der Waals surface area contributed by atoms with Gasteiger partial charge in [0.05, 0.1) is 11.4 Å². The number of anilines is 4. The average molecular weight is 397 g/mol. The van der Waals surface area contributed by atoms with Crippen LogP contribution in [0.25, 0.3) is 0 Å². The Hall–Kier alpha value is -3.17. The first-order valence-electron chi connectivity index (χ1n) is 9.72. The zero-order chi connectivity index (χ0) is 20.1. The van der Waals surface area contributed by atoms with Crippen LogP contribution < -0.4 is 10.6 Å². The zero-order valence-electron chi connectivity index (χ0n) is 16.6. The van der Waals surface area contributed by atoms with E-state index in [9.17, 15) is 0 Å². The number of para-hydroxylation sites is 4. The fourth-order valence-electron chi connectivity index (χ4n) is 3.15. The van der Waals surface area contributed by atoms with Crippen LogP contribution in [-0.2, 0) is 0 Å². The highest BCUT2D eigenvalue weighted by Crippen LogP contribution is 2.39. The Balaban J connectivity index is 1.62. The second-order valence-corrected chi connectivity index (χ2v) is 8.06. The first kappa shape index (κ1) is 19.2. The van der Waals surface area contributed by atoms with Gasteiger partial charge in [0.15, 0.2) is 0 Å². The summed E-state index contributed by atoms with van der Waals surface area (Å²) < 4.78 is 0. The van der Waals surface area contributed by atoms with E-state index in [1.54, 1.807) is 11.8 Å². The number of nitrogens with one attached hydrogen (secondary N) is 2. The zero-order valence-corrected chi connectivity index (χ0v) is 17.5. The van der Waals surface area contributed by atoms with Gasteiger partial charge >= 0.3 is 0 Å². The van der Waals surface area contributed by atoms with Crippen LogP contribution >= 0.6 is 11.8 Å². The van der Waals surface area contributed by atoms with Crippen molar-refractivity contribution < 1.29 is 0 Å². The van der Waals surface area contributed by atoms with Gasteiger partial charge in [-0.3, -0.25) is 0 Å². The maximum Gasteiger partial charge on any atom is 0.0526 e. The lowest BCUT2D eigenvalue weighted by Crippen LogP contribution is -1.96. The van der Waals surface area contributed by atoms with Gasteiger partial charge in [0, 0.05) is 21.2 Å². The molecular weight excluding hydrogens is 372 g/mol. The molecule has 3 heteroatoms. The molecule has 0 saturated carbocycles. The first-order valence-corrected chi connectivity index (χ1v) is 10.5. The highest BCUT2D eigenvalue weighted by atomic mass is 32.2. The largest absolute Gasteiger partial charge is 0.354 e. The molecule has 0 radical (unpaired) electrons. The molecule has 0 atom stereocenters. The summed E-state index contributed by atoms with van der Waals surface area (Å²) in [4.78, 5) is 2.38. The molecular formula is C26H24N2S. The van der Waals surface area contributed by atoms with Gasteiger partial charge in [0.2, 0.25) is 0 Å². The first-order chi connectivity index (χ1) is 14.2. The molecule has 144 valence electrons. The predicted molar refractivity (Wildman–Crippen MR) is 126 cm³/mol. The number of aryl methyl sites for hydroxylation is 2. The second kappa shape index (κ2) is 8.89. The fraction of sp³-hybridized carbons (Fsp3) is 0.0769. The molecule has 0 amide bonds. The van der Waals surface area contributed by atoms with Crippen molar-refractivity contribution in [3.63, 3.8) is 0 Å². The van der Waals surface area contributed by atoms with Crippen molar-refractivity contribution in [1.29, 1.82) is 0 Å². The maximum atomic E-state index is 3.60. The molecule has 0 aromatic heterocycles. The molecule has 0 heterocycles. The minimum absolute atomic E-state index is 1.11. The van der Waals surface area contributed by atoms with Crippen LogP contribution in [0.1, 0.15) is 11.1 Å². The summed E-state index contributed by atoms with van der Waals surface area (Å²) in [7, 11) is 0. The van der Waals surface area contributed by atoms with E-state index in [4.69, 9.17) is 0 Å². The molecule has 0 spiro atoms. The van der Waals surface area contributed by atoms with E-state index in [-0.39, 0.29) is 0 Å². The van der Waals surface area contributed by atoms with E-state index in [1.807, 2.05) is 0 Å². The van der Waals surface area contributed by atoms with E-state index in [1.165, 1.54) is 20.9 Å². The van der Waals surface area contributed by atoms with Gasteiger partial charge in [0.25, 0.3) is 0 Å². The van der Waals surface area contributed by atoms with Crippen molar-refractivity contribution in [3.05, 3.63) is 108 Å².